The summed E-state index contributed by atoms with van der Waals surface area (Å²) in [7, 11) is 1.41. The summed E-state index contributed by atoms with van der Waals surface area (Å²) in [4.78, 5) is 25.3. The first-order chi connectivity index (χ1) is 10.9. The van der Waals surface area contributed by atoms with Crippen LogP contribution in [0.2, 0.25) is 0 Å². The minimum Gasteiger partial charge on any atom is -0.481 e. The van der Waals surface area contributed by atoms with E-state index in [9.17, 15) is 23.5 Å². The maximum absolute atomic E-state index is 12.4. The van der Waals surface area contributed by atoms with Crippen molar-refractivity contribution in [3.63, 3.8) is 0 Å². The number of hydrogen-bond donors (Lipinski definition) is 1. The molecule has 1 atom stereocenters. The normalized spacial score (nSPS) is 20.8. The summed E-state index contributed by atoms with van der Waals surface area (Å²) in [6.07, 6.45) is 0.300. The molecule has 2 rings (SSSR count). The summed E-state index contributed by atoms with van der Waals surface area (Å²) in [5.74, 6) is -1.40. The third-order valence-electron chi connectivity index (χ3n) is 3.84. The molecule has 6 nitrogen and oxygen atoms in total. The van der Waals surface area contributed by atoms with Crippen LogP contribution < -0.4 is 4.74 Å². The van der Waals surface area contributed by atoms with Crippen molar-refractivity contribution >= 4 is 11.9 Å². The van der Waals surface area contributed by atoms with E-state index < -0.39 is 18.0 Å². The average molecular weight is 329 g/mol. The molecule has 1 N–H and O–H groups in total. The molecule has 0 spiro atoms. The number of alkyl halides is 2. The van der Waals surface area contributed by atoms with E-state index in [1.165, 1.54) is 36.3 Å². The van der Waals surface area contributed by atoms with Gasteiger partial charge in [0.05, 0.1) is 6.61 Å². The number of benzene rings is 1. The van der Waals surface area contributed by atoms with Crippen LogP contribution in [-0.4, -0.2) is 55.3 Å². The standard InChI is InChI=1S/C15H17F2NO5/c1-22-9-15(13(20)21)6-7-18(8-15)12(19)10-2-4-11(5-3-10)23-14(16)17/h2-5,14H,6-9H2,1H3,(H,20,21). The van der Waals surface area contributed by atoms with Crippen LogP contribution in [0.15, 0.2) is 24.3 Å². The number of hydrogen-bond acceptors (Lipinski definition) is 4. The van der Waals surface area contributed by atoms with Gasteiger partial charge < -0.3 is 19.5 Å². The molecule has 1 aromatic rings. The summed E-state index contributed by atoms with van der Waals surface area (Å²) >= 11 is 0. The molecule has 8 heteroatoms. The van der Waals surface area contributed by atoms with Crippen molar-refractivity contribution in [1.82, 2.24) is 4.90 Å². The number of halogens is 2. The zero-order valence-corrected chi connectivity index (χ0v) is 12.5. The Morgan fingerprint density at radius 3 is 2.52 bits per heavy atom. The SMILES string of the molecule is COCC1(C(=O)O)CCN(C(=O)c2ccc(OC(F)F)cc2)C1. The number of nitrogens with zero attached hydrogens (tertiary/aromatic N) is 1. The van der Waals surface area contributed by atoms with Gasteiger partial charge in [-0.3, -0.25) is 9.59 Å². The van der Waals surface area contributed by atoms with Crippen molar-refractivity contribution in [3.05, 3.63) is 29.8 Å². The number of methoxy groups -OCH3 is 1. The number of amides is 1. The molecule has 0 saturated carbocycles. The molecule has 0 radical (unpaired) electrons. The molecule has 1 unspecified atom stereocenters. The van der Waals surface area contributed by atoms with E-state index in [0.29, 0.717) is 13.0 Å². The lowest BCUT2D eigenvalue weighted by Crippen LogP contribution is -2.40. The number of aliphatic carboxylic acids is 1. The predicted octanol–water partition coefficient (Wildman–Crippen LogP) is 1.85. The molecule has 0 aliphatic carbocycles. The largest absolute Gasteiger partial charge is 0.481 e. The van der Waals surface area contributed by atoms with E-state index in [1.807, 2.05) is 0 Å². The molecule has 23 heavy (non-hydrogen) atoms. The number of likely N-dealkylation sites (tertiary alicyclic amines) is 1. The number of ether oxygens (including phenoxy) is 2. The quantitative estimate of drug-likeness (QED) is 0.862. The van der Waals surface area contributed by atoms with E-state index in [-0.39, 0.29) is 30.4 Å². The number of carbonyl (C=O) groups excluding carboxylic acids is 1. The van der Waals surface area contributed by atoms with Crippen LogP contribution in [0.1, 0.15) is 16.8 Å². The maximum atomic E-state index is 12.4. The van der Waals surface area contributed by atoms with Crippen molar-refractivity contribution < 1.29 is 33.0 Å². The van der Waals surface area contributed by atoms with Crippen molar-refractivity contribution in [1.29, 1.82) is 0 Å². The van der Waals surface area contributed by atoms with Gasteiger partial charge in [0.2, 0.25) is 0 Å². The van der Waals surface area contributed by atoms with Gasteiger partial charge in [0, 0.05) is 25.8 Å². The molecule has 1 aliphatic rings. The molecular weight excluding hydrogens is 312 g/mol. The molecule has 126 valence electrons. The lowest BCUT2D eigenvalue weighted by atomic mass is 9.88. The zero-order chi connectivity index (χ0) is 17.0. The topological polar surface area (TPSA) is 76.1 Å². The van der Waals surface area contributed by atoms with Gasteiger partial charge in [-0.1, -0.05) is 0 Å². The minimum absolute atomic E-state index is 0.0211. The number of carbonyl (C=O) groups is 2. The Labute approximate surface area is 131 Å². The third kappa shape index (κ3) is 3.76. The fourth-order valence-corrected chi connectivity index (χ4v) is 2.64. The van der Waals surface area contributed by atoms with Gasteiger partial charge in [0.25, 0.3) is 5.91 Å². The van der Waals surface area contributed by atoms with Gasteiger partial charge in [-0.25, -0.2) is 0 Å². The van der Waals surface area contributed by atoms with Crippen molar-refractivity contribution in [2.75, 3.05) is 26.8 Å². The smallest absolute Gasteiger partial charge is 0.387 e. The van der Waals surface area contributed by atoms with Crippen LogP contribution >= 0.6 is 0 Å². The van der Waals surface area contributed by atoms with Gasteiger partial charge in [-0.05, 0) is 30.7 Å². The number of carboxylic acids is 1. The Morgan fingerprint density at radius 1 is 1.35 bits per heavy atom. The van der Waals surface area contributed by atoms with Crippen LogP contribution in [0.4, 0.5) is 8.78 Å². The highest BCUT2D eigenvalue weighted by atomic mass is 19.3. The molecule has 1 amide bonds. The highest BCUT2D eigenvalue weighted by molar-refractivity contribution is 5.95. The maximum Gasteiger partial charge on any atom is 0.387 e. The van der Waals surface area contributed by atoms with E-state index >= 15 is 0 Å². The van der Waals surface area contributed by atoms with Gasteiger partial charge in [0.1, 0.15) is 11.2 Å². The third-order valence-corrected chi connectivity index (χ3v) is 3.84. The van der Waals surface area contributed by atoms with Crippen molar-refractivity contribution in [2.24, 2.45) is 5.41 Å². The summed E-state index contributed by atoms with van der Waals surface area (Å²) in [5, 5.41) is 9.38. The molecular formula is C15H17F2NO5. The molecule has 1 fully saturated rings. The average Bonchev–Trinajstić information content (AvgIpc) is 2.93. The summed E-state index contributed by atoms with van der Waals surface area (Å²) in [6, 6.07) is 5.29. The molecule has 1 heterocycles. The Morgan fingerprint density at radius 2 is 2.00 bits per heavy atom. The minimum atomic E-state index is -2.93. The fraction of sp³-hybridized carbons (Fsp3) is 0.467. The Hall–Kier alpha value is -2.22. The highest BCUT2D eigenvalue weighted by Gasteiger charge is 2.46. The van der Waals surface area contributed by atoms with E-state index in [1.54, 1.807) is 0 Å². The lowest BCUT2D eigenvalue weighted by Gasteiger charge is -2.23. The van der Waals surface area contributed by atoms with Crippen LogP contribution in [0.5, 0.6) is 5.75 Å². The van der Waals surface area contributed by atoms with Gasteiger partial charge >= 0.3 is 12.6 Å². The van der Waals surface area contributed by atoms with Crippen LogP contribution in [0.25, 0.3) is 0 Å². The zero-order valence-electron chi connectivity index (χ0n) is 12.5. The molecule has 1 aliphatic heterocycles. The highest BCUT2D eigenvalue weighted by Crippen LogP contribution is 2.32. The van der Waals surface area contributed by atoms with E-state index in [2.05, 4.69) is 4.74 Å². The van der Waals surface area contributed by atoms with Crippen LogP contribution in [-0.2, 0) is 9.53 Å². The summed E-state index contributed by atoms with van der Waals surface area (Å²) in [5.41, 5.74) is -0.825. The number of carboxylic acid groups (broad SMARTS) is 1. The Bertz CT molecular complexity index is 578. The molecule has 0 aromatic heterocycles. The van der Waals surface area contributed by atoms with E-state index in [0.717, 1.165) is 0 Å². The fourth-order valence-electron chi connectivity index (χ4n) is 2.64. The molecule has 0 bridgehead atoms. The Kier molecular flexibility index (Phi) is 5.15. The lowest BCUT2D eigenvalue weighted by molar-refractivity contribution is -0.151. The van der Waals surface area contributed by atoms with Gasteiger partial charge in [-0.2, -0.15) is 8.78 Å². The number of rotatable bonds is 6. The second-order valence-electron chi connectivity index (χ2n) is 5.40. The second kappa shape index (κ2) is 6.91. The van der Waals surface area contributed by atoms with Crippen molar-refractivity contribution in [3.8, 4) is 5.75 Å². The predicted molar refractivity (Wildman–Crippen MR) is 75.5 cm³/mol. The first-order valence-corrected chi connectivity index (χ1v) is 6.94. The van der Waals surface area contributed by atoms with Gasteiger partial charge in [0.15, 0.2) is 0 Å². The van der Waals surface area contributed by atoms with Crippen molar-refractivity contribution in [2.45, 2.75) is 13.0 Å². The Balaban J connectivity index is 2.08. The van der Waals surface area contributed by atoms with Crippen LogP contribution in [0, 0.1) is 5.41 Å². The first kappa shape index (κ1) is 17.1. The second-order valence-corrected chi connectivity index (χ2v) is 5.40. The van der Waals surface area contributed by atoms with E-state index in [4.69, 9.17) is 4.74 Å². The van der Waals surface area contributed by atoms with Crippen LogP contribution in [0.3, 0.4) is 0 Å². The monoisotopic (exact) mass is 329 g/mol. The van der Waals surface area contributed by atoms with Gasteiger partial charge in [-0.15, -0.1) is 0 Å². The summed E-state index contributed by atoms with van der Waals surface area (Å²) < 4.78 is 33.4. The first-order valence-electron chi connectivity index (χ1n) is 6.94. The molecule has 1 aromatic carbocycles. The molecule has 1 saturated heterocycles. The summed E-state index contributed by atoms with van der Waals surface area (Å²) in [6.45, 7) is -2.57.